The summed E-state index contributed by atoms with van der Waals surface area (Å²) in [5.74, 6) is -0.298. The lowest BCUT2D eigenvalue weighted by Crippen LogP contribution is -2.34. The molecule has 0 saturated carbocycles. The number of benzene rings is 3. The monoisotopic (exact) mass is 471 g/mol. The van der Waals surface area contributed by atoms with Crippen LogP contribution in [0.2, 0.25) is 0 Å². The van der Waals surface area contributed by atoms with Crippen LogP contribution in [-0.4, -0.2) is 31.5 Å². The Morgan fingerprint density at radius 2 is 1.74 bits per heavy atom. The first-order chi connectivity index (χ1) is 16.8. The van der Waals surface area contributed by atoms with Gasteiger partial charge in [-0.2, -0.15) is 0 Å². The van der Waals surface area contributed by atoms with E-state index in [-0.39, 0.29) is 29.5 Å². The second-order valence-electron chi connectivity index (χ2n) is 8.27. The number of nitrogens with one attached hydrogen (secondary N) is 1. The largest absolute Gasteiger partial charge is 0.326 e. The van der Waals surface area contributed by atoms with E-state index in [0.717, 1.165) is 11.1 Å². The predicted octanol–water partition coefficient (Wildman–Crippen LogP) is 5.08. The van der Waals surface area contributed by atoms with Crippen molar-refractivity contribution in [1.29, 1.82) is 0 Å². The van der Waals surface area contributed by atoms with Gasteiger partial charge in [-0.15, -0.1) is 5.10 Å². The molecule has 178 valence electrons. The average molecular weight is 472 g/mol. The fourth-order valence-corrected chi connectivity index (χ4v) is 3.86. The predicted molar refractivity (Wildman–Crippen MR) is 132 cm³/mol. The molecule has 0 spiro atoms. The summed E-state index contributed by atoms with van der Waals surface area (Å²) < 4.78 is 14.9. The number of amides is 2. The summed E-state index contributed by atoms with van der Waals surface area (Å²) >= 11 is 0. The molecular weight excluding hydrogens is 445 g/mol. The number of rotatable bonds is 7. The lowest BCUT2D eigenvalue weighted by Gasteiger charge is -2.29. The number of anilines is 1. The van der Waals surface area contributed by atoms with Crippen LogP contribution in [-0.2, 0) is 11.3 Å². The van der Waals surface area contributed by atoms with Crippen LogP contribution >= 0.6 is 0 Å². The number of halogens is 1. The third-order valence-corrected chi connectivity index (χ3v) is 5.64. The van der Waals surface area contributed by atoms with Crippen LogP contribution < -0.4 is 5.32 Å². The van der Waals surface area contributed by atoms with Gasteiger partial charge >= 0.3 is 0 Å². The van der Waals surface area contributed by atoms with Gasteiger partial charge in [-0.25, -0.2) is 14.1 Å². The molecule has 4 rings (SSSR count). The summed E-state index contributed by atoms with van der Waals surface area (Å²) in [6, 6.07) is 22.6. The number of aryl methyl sites for hydroxylation is 1. The molecule has 4 aromatic rings. The van der Waals surface area contributed by atoms with Gasteiger partial charge in [0.15, 0.2) is 0 Å². The van der Waals surface area contributed by atoms with E-state index in [9.17, 15) is 14.0 Å². The molecule has 0 aliphatic carbocycles. The van der Waals surface area contributed by atoms with Gasteiger partial charge in [0.2, 0.25) is 11.7 Å². The van der Waals surface area contributed by atoms with Crippen molar-refractivity contribution in [2.45, 2.75) is 33.4 Å². The molecule has 0 fully saturated rings. The topological polar surface area (TPSA) is 80.1 Å². The van der Waals surface area contributed by atoms with Crippen molar-refractivity contribution in [3.05, 3.63) is 107 Å². The van der Waals surface area contributed by atoms with Crippen LogP contribution in [0.1, 0.15) is 47.5 Å². The molecule has 0 bridgehead atoms. The van der Waals surface area contributed by atoms with E-state index in [2.05, 4.69) is 15.4 Å². The Kier molecular flexibility index (Phi) is 7.01. The van der Waals surface area contributed by atoms with Gasteiger partial charge in [0.05, 0.1) is 11.7 Å². The Morgan fingerprint density at radius 3 is 2.43 bits per heavy atom. The number of nitrogens with zero attached hydrogens (tertiary/aromatic N) is 4. The zero-order chi connectivity index (χ0) is 24.9. The zero-order valence-corrected chi connectivity index (χ0v) is 19.8. The summed E-state index contributed by atoms with van der Waals surface area (Å²) in [5.41, 5.74) is 3.08. The van der Waals surface area contributed by atoms with Crippen LogP contribution in [0.5, 0.6) is 0 Å². The van der Waals surface area contributed by atoms with Crippen molar-refractivity contribution in [2.75, 3.05) is 5.32 Å². The van der Waals surface area contributed by atoms with Crippen molar-refractivity contribution in [2.24, 2.45) is 0 Å². The van der Waals surface area contributed by atoms with Gasteiger partial charge in [-0.05, 0) is 61.4 Å². The van der Waals surface area contributed by atoms with E-state index in [4.69, 9.17) is 0 Å². The molecule has 7 nitrogen and oxygen atoms in total. The minimum atomic E-state index is -0.354. The Balaban J connectivity index is 1.69. The highest BCUT2D eigenvalue weighted by molar-refractivity contribution is 5.91. The highest BCUT2D eigenvalue weighted by Crippen LogP contribution is 2.26. The molecule has 1 N–H and O–H groups in total. The smallest absolute Gasteiger partial charge is 0.294 e. The second kappa shape index (κ2) is 10.3. The molecule has 35 heavy (non-hydrogen) atoms. The molecule has 1 atom stereocenters. The summed E-state index contributed by atoms with van der Waals surface area (Å²) in [5, 5.41) is 7.23. The first kappa shape index (κ1) is 23.8. The third-order valence-electron chi connectivity index (χ3n) is 5.64. The maximum atomic E-state index is 13.7. The van der Waals surface area contributed by atoms with E-state index >= 15 is 0 Å². The molecular formula is C27H26FN5O2. The molecule has 8 heteroatoms. The van der Waals surface area contributed by atoms with Crippen molar-refractivity contribution < 1.29 is 14.0 Å². The van der Waals surface area contributed by atoms with E-state index < -0.39 is 0 Å². The normalized spacial score (nSPS) is 11.7. The van der Waals surface area contributed by atoms with Crippen molar-refractivity contribution in [1.82, 2.24) is 19.7 Å². The lowest BCUT2D eigenvalue weighted by atomic mass is 10.0. The van der Waals surface area contributed by atoms with Crippen molar-refractivity contribution >= 4 is 17.5 Å². The zero-order valence-electron chi connectivity index (χ0n) is 19.8. The summed E-state index contributed by atoms with van der Waals surface area (Å²) in [7, 11) is 0. The summed E-state index contributed by atoms with van der Waals surface area (Å²) in [6.07, 6.45) is 0. The highest BCUT2D eigenvalue weighted by atomic mass is 19.1. The van der Waals surface area contributed by atoms with E-state index in [1.807, 2.05) is 55.5 Å². The lowest BCUT2D eigenvalue weighted by molar-refractivity contribution is -0.114. The van der Waals surface area contributed by atoms with Gasteiger partial charge < -0.3 is 10.2 Å². The van der Waals surface area contributed by atoms with Crippen LogP contribution in [0.4, 0.5) is 10.1 Å². The van der Waals surface area contributed by atoms with E-state index in [1.54, 1.807) is 30.0 Å². The quantitative estimate of drug-likeness (QED) is 0.408. The molecule has 0 aliphatic heterocycles. The average Bonchev–Trinajstić information content (AvgIpc) is 3.24. The highest BCUT2D eigenvalue weighted by Gasteiger charge is 2.27. The molecule has 0 saturated heterocycles. The first-order valence-corrected chi connectivity index (χ1v) is 11.2. The van der Waals surface area contributed by atoms with Gasteiger partial charge in [0, 0.05) is 19.2 Å². The molecule has 0 unspecified atom stereocenters. The maximum Gasteiger partial charge on any atom is 0.294 e. The molecule has 0 radical (unpaired) electrons. The molecule has 1 heterocycles. The Labute approximate surface area is 203 Å². The fourth-order valence-electron chi connectivity index (χ4n) is 3.86. The maximum absolute atomic E-state index is 13.7. The third kappa shape index (κ3) is 5.60. The Morgan fingerprint density at radius 1 is 1.03 bits per heavy atom. The molecule has 0 aliphatic rings. The standard InChI is InChI=1S/C27H26FN5O2/c1-18(22-10-7-11-24(16-22)30-20(3)34)32(17-21-8-5-4-6-9-21)27(35)26-29-19(2)33(31-26)25-14-12-23(28)13-15-25/h4-16,18H,17H2,1-3H3,(H,30,34)/t18-/m0/s1. The van der Waals surface area contributed by atoms with Crippen molar-refractivity contribution in [3.63, 3.8) is 0 Å². The molecule has 2 amide bonds. The van der Waals surface area contributed by atoms with Gasteiger partial charge in [0.25, 0.3) is 5.91 Å². The second-order valence-corrected chi connectivity index (χ2v) is 8.27. The first-order valence-electron chi connectivity index (χ1n) is 11.2. The van der Waals surface area contributed by atoms with Crippen LogP contribution in [0.25, 0.3) is 5.69 Å². The summed E-state index contributed by atoms with van der Waals surface area (Å²) in [4.78, 5) is 31.4. The number of aromatic nitrogens is 3. The Bertz CT molecular complexity index is 1340. The number of hydrogen-bond donors (Lipinski definition) is 1. The van der Waals surface area contributed by atoms with Crippen LogP contribution in [0.15, 0.2) is 78.9 Å². The number of carbonyl (C=O) groups is 2. The fraction of sp³-hybridized carbons (Fsp3) is 0.185. The van der Waals surface area contributed by atoms with Gasteiger partial charge in [0.1, 0.15) is 11.6 Å². The van der Waals surface area contributed by atoms with E-state index in [0.29, 0.717) is 23.7 Å². The minimum absolute atomic E-state index is 0.0487. The van der Waals surface area contributed by atoms with E-state index in [1.165, 1.54) is 23.7 Å². The van der Waals surface area contributed by atoms with Crippen molar-refractivity contribution in [3.8, 4) is 5.69 Å². The van der Waals surface area contributed by atoms with Gasteiger partial charge in [-0.1, -0.05) is 42.5 Å². The molecule has 1 aromatic heterocycles. The van der Waals surface area contributed by atoms with Crippen LogP contribution in [0.3, 0.4) is 0 Å². The summed E-state index contributed by atoms with van der Waals surface area (Å²) in [6.45, 7) is 5.47. The number of carbonyl (C=O) groups excluding carboxylic acids is 2. The van der Waals surface area contributed by atoms with Crippen LogP contribution in [0, 0.1) is 12.7 Å². The Hall–Kier alpha value is -4.33. The minimum Gasteiger partial charge on any atom is -0.326 e. The number of hydrogen-bond acceptors (Lipinski definition) is 4. The molecule has 3 aromatic carbocycles. The SMILES string of the molecule is CC(=O)Nc1cccc([C@H](C)N(Cc2ccccc2)C(=O)c2nc(C)n(-c3ccc(F)cc3)n2)c1. The van der Waals surface area contributed by atoms with Gasteiger partial charge in [-0.3, -0.25) is 9.59 Å².